The second-order valence-corrected chi connectivity index (χ2v) is 5.86. The van der Waals surface area contributed by atoms with Crippen LogP contribution in [-0.4, -0.2) is 23.0 Å². The number of esters is 1. The fourth-order valence-electron chi connectivity index (χ4n) is 2.51. The lowest BCUT2D eigenvalue weighted by Crippen LogP contribution is -2.06. The van der Waals surface area contributed by atoms with E-state index in [0.29, 0.717) is 35.3 Å². The third-order valence-electron chi connectivity index (χ3n) is 3.78. The molecule has 138 valence electrons. The van der Waals surface area contributed by atoms with Crippen molar-refractivity contribution in [2.24, 2.45) is 0 Å². The Morgan fingerprint density at radius 3 is 2.56 bits per heavy atom. The largest absolute Gasteiger partial charge is 0.465 e. The van der Waals surface area contributed by atoms with Gasteiger partial charge >= 0.3 is 5.97 Å². The van der Waals surface area contributed by atoms with Crippen molar-refractivity contribution in [1.82, 2.24) is 9.97 Å². The summed E-state index contributed by atoms with van der Waals surface area (Å²) in [6, 6.07) is 15.0. The molecule has 0 spiro atoms. The van der Waals surface area contributed by atoms with Crippen molar-refractivity contribution >= 4 is 23.3 Å². The van der Waals surface area contributed by atoms with Crippen LogP contribution >= 0.6 is 0 Å². The number of anilines is 3. The summed E-state index contributed by atoms with van der Waals surface area (Å²) in [4.78, 5) is 20.4. The third kappa shape index (κ3) is 5.01. The Labute approximate surface area is 156 Å². The first-order chi connectivity index (χ1) is 13.0. The lowest BCUT2D eigenvalue weighted by atomic mass is 10.2. The molecule has 0 fully saturated rings. The van der Waals surface area contributed by atoms with Gasteiger partial charge in [-0.1, -0.05) is 18.2 Å². The Morgan fingerprint density at radius 2 is 1.81 bits per heavy atom. The number of halogens is 1. The standard InChI is InChI=1S/C20H19FN4O2/c1-13-23-18(22-12-14-6-8-16(21)9-7-14)11-19(24-13)25-17-5-3-4-15(10-17)20(26)27-2/h3-11H,12H2,1-2H3,(H2,22,23,24,25). The van der Waals surface area contributed by atoms with Crippen molar-refractivity contribution in [3.63, 3.8) is 0 Å². The molecule has 0 amide bonds. The van der Waals surface area contributed by atoms with Crippen LogP contribution in [-0.2, 0) is 11.3 Å². The van der Waals surface area contributed by atoms with Gasteiger partial charge in [0.15, 0.2) is 0 Å². The molecule has 0 saturated carbocycles. The Kier molecular flexibility index (Phi) is 5.61. The Hall–Kier alpha value is -3.48. The van der Waals surface area contributed by atoms with Gasteiger partial charge in [-0.15, -0.1) is 0 Å². The zero-order chi connectivity index (χ0) is 19.2. The molecule has 0 unspecified atom stereocenters. The van der Waals surface area contributed by atoms with Crippen LogP contribution in [0, 0.1) is 12.7 Å². The minimum absolute atomic E-state index is 0.266. The van der Waals surface area contributed by atoms with Crippen molar-refractivity contribution < 1.29 is 13.9 Å². The maximum atomic E-state index is 13.0. The number of hydrogen-bond acceptors (Lipinski definition) is 6. The third-order valence-corrected chi connectivity index (χ3v) is 3.78. The average Bonchev–Trinajstić information content (AvgIpc) is 2.67. The maximum Gasteiger partial charge on any atom is 0.337 e. The fraction of sp³-hybridized carbons (Fsp3) is 0.150. The molecule has 1 aromatic heterocycles. The maximum absolute atomic E-state index is 13.0. The molecule has 2 aromatic carbocycles. The van der Waals surface area contributed by atoms with Crippen LogP contribution in [0.4, 0.5) is 21.7 Å². The number of carbonyl (C=O) groups is 1. The van der Waals surface area contributed by atoms with Crippen LogP contribution in [0.15, 0.2) is 54.6 Å². The average molecular weight is 366 g/mol. The fourth-order valence-corrected chi connectivity index (χ4v) is 2.51. The quantitative estimate of drug-likeness (QED) is 0.641. The second-order valence-electron chi connectivity index (χ2n) is 5.86. The molecule has 0 aliphatic carbocycles. The van der Waals surface area contributed by atoms with Crippen LogP contribution in [0.2, 0.25) is 0 Å². The molecule has 6 nitrogen and oxygen atoms in total. The predicted octanol–water partition coefficient (Wildman–Crippen LogP) is 4.07. The molecular formula is C20H19FN4O2. The number of aromatic nitrogens is 2. The molecule has 3 rings (SSSR count). The van der Waals surface area contributed by atoms with E-state index in [4.69, 9.17) is 4.74 Å². The van der Waals surface area contributed by atoms with Gasteiger partial charge in [0, 0.05) is 18.3 Å². The van der Waals surface area contributed by atoms with E-state index in [1.54, 1.807) is 43.3 Å². The summed E-state index contributed by atoms with van der Waals surface area (Å²) in [5.41, 5.74) is 2.09. The molecule has 7 heteroatoms. The number of nitrogens with one attached hydrogen (secondary N) is 2. The van der Waals surface area contributed by atoms with Gasteiger partial charge in [-0.2, -0.15) is 0 Å². The number of hydrogen-bond donors (Lipinski definition) is 2. The molecular weight excluding hydrogens is 347 g/mol. The molecule has 0 saturated heterocycles. The van der Waals surface area contributed by atoms with E-state index >= 15 is 0 Å². The summed E-state index contributed by atoms with van der Waals surface area (Å²) < 4.78 is 17.7. The van der Waals surface area contributed by atoms with E-state index in [1.165, 1.54) is 19.2 Å². The van der Waals surface area contributed by atoms with Gasteiger partial charge in [0.25, 0.3) is 0 Å². The summed E-state index contributed by atoms with van der Waals surface area (Å²) in [5, 5.41) is 6.36. The van der Waals surface area contributed by atoms with Gasteiger partial charge in [0.05, 0.1) is 12.7 Å². The number of benzene rings is 2. The highest BCUT2D eigenvalue weighted by molar-refractivity contribution is 5.90. The van der Waals surface area contributed by atoms with Crippen LogP contribution in [0.25, 0.3) is 0 Å². The van der Waals surface area contributed by atoms with Gasteiger partial charge in [-0.3, -0.25) is 0 Å². The van der Waals surface area contributed by atoms with Gasteiger partial charge in [0.2, 0.25) is 0 Å². The lowest BCUT2D eigenvalue weighted by Gasteiger charge is -2.11. The van der Waals surface area contributed by atoms with E-state index in [1.807, 2.05) is 6.07 Å². The van der Waals surface area contributed by atoms with Gasteiger partial charge in [-0.05, 0) is 42.8 Å². The van der Waals surface area contributed by atoms with E-state index in [0.717, 1.165) is 5.56 Å². The van der Waals surface area contributed by atoms with Crippen LogP contribution in [0.5, 0.6) is 0 Å². The molecule has 0 radical (unpaired) electrons. The highest BCUT2D eigenvalue weighted by Crippen LogP contribution is 2.19. The minimum atomic E-state index is -0.404. The van der Waals surface area contributed by atoms with E-state index in [-0.39, 0.29) is 5.82 Å². The summed E-state index contributed by atoms with van der Waals surface area (Å²) in [6.07, 6.45) is 0. The normalized spacial score (nSPS) is 10.3. The van der Waals surface area contributed by atoms with Crippen molar-refractivity contribution in [2.45, 2.75) is 13.5 Å². The molecule has 2 N–H and O–H groups in total. The van der Waals surface area contributed by atoms with Crippen molar-refractivity contribution in [3.05, 3.63) is 77.4 Å². The first-order valence-electron chi connectivity index (χ1n) is 8.33. The summed E-state index contributed by atoms with van der Waals surface area (Å²) >= 11 is 0. The molecule has 0 bridgehead atoms. The smallest absolute Gasteiger partial charge is 0.337 e. The van der Waals surface area contributed by atoms with Gasteiger partial charge in [0.1, 0.15) is 23.3 Å². The lowest BCUT2D eigenvalue weighted by molar-refractivity contribution is 0.0601. The van der Waals surface area contributed by atoms with Crippen molar-refractivity contribution in [1.29, 1.82) is 0 Å². The summed E-state index contributed by atoms with van der Waals surface area (Å²) in [7, 11) is 1.34. The molecule has 3 aromatic rings. The number of nitrogens with zero attached hydrogens (tertiary/aromatic N) is 2. The van der Waals surface area contributed by atoms with Gasteiger partial charge < -0.3 is 15.4 Å². The van der Waals surface area contributed by atoms with Crippen LogP contribution < -0.4 is 10.6 Å². The van der Waals surface area contributed by atoms with Gasteiger partial charge in [-0.25, -0.2) is 19.2 Å². The van der Waals surface area contributed by atoms with E-state index in [2.05, 4.69) is 20.6 Å². The number of methoxy groups -OCH3 is 1. The molecule has 0 atom stereocenters. The number of carbonyl (C=O) groups excluding carboxylic acids is 1. The topological polar surface area (TPSA) is 76.1 Å². The Bertz CT molecular complexity index is 945. The highest BCUT2D eigenvalue weighted by Gasteiger charge is 2.07. The van der Waals surface area contributed by atoms with E-state index < -0.39 is 5.97 Å². The summed E-state index contributed by atoms with van der Waals surface area (Å²) in [5.74, 6) is 1.15. The minimum Gasteiger partial charge on any atom is -0.465 e. The van der Waals surface area contributed by atoms with Crippen molar-refractivity contribution in [2.75, 3.05) is 17.7 Å². The van der Waals surface area contributed by atoms with Crippen molar-refractivity contribution in [3.8, 4) is 0 Å². The SMILES string of the molecule is COC(=O)c1cccc(Nc2cc(NCc3ccc(F)cc3)nc(C)n2)c1. The molecule has 0 aliphatic heterocycles. The number of aryl methyl sites for hydroxylation is 1. The first kappa shape index (κ1) is 18.3. The number of ether oxygens (including phenoxy) is 1. The first-order valence-corrected chi connectivity index (χ1v) is 8.33. The zero-order valence-corrected chi connectivity index (χ0v) is 15.0. The highest BCUT2D eigenvalue weighted by atomic mass is 19.1. The monoisotopic (exact) mass is 366 g/mol. The van der Waals surface area contributed by atoms with Crippen LogP contribution in [0.3, 0.4) is 0 Å². The van der Waals surface area contributed by atoms with Crippen LogP contribution in [0.1, 0.15) is 21.7 Å². The van der Waals surface area contributed by atoms with E-state index in [9.17, 15) is 9.18 Å². The number of rotatable bonds is 6. The Morgan fingerprint density at radius 1 is 1.07 bits per heavy atom. The zero-order valence-electron chi connectivity index (χ0n) is 15.0. The molecule has 1 heterocycles. The molecule has 0 aliphatic rings. The second kappa shape index (κ2) is 8.27. The predicted molar refractivity (Wildman–Crippen MR) is 102 cm³/mol. The molecule has 27 heavy (non-hydrogen) atoms. The Balaban J connectivity index is 1.73. The summed E-state index contributed by atoms with van der Waals surface area (Å²) in [6.45, 7) is 2.30.